The second-order valence-corrected chi connectivity index (χ2v) is 4.53. The number of aromatic nitrogens is 3. The Kier molecular flexibility index (Phi) is 1.92. The van der Waals surface area contributed by atoms with Gasteiger partial charge in [0, 0.05) is 16.7 Å². The van der Waals surface area contributed by atoms with Crippen molar-refractivity contribution in [1.29, 1.82) is 0 Å². The summed E-state index contributed by atoms with van der Waals surface area (Å²) in [4.78, 5) is 5.70. The van der Waals surface area contributed by atoms with Crippen LogP contribution in [0.3, 0.4) is 0 Å². The van der Waals surface area contributed by atoms with Gasteiger partial charge in [-0.1, -0.05) is 6.92 Å². The maximum Gasteiger partial charge on any atom is 0.159 e. The van der Waals surface area contributed by atoms with Crippen LogP contribution in [-0.2, 0) is 13.0 Å². The number of aliphatic imine (C=N–C) groups is 1. The molecular formula is C10H10N4S. The van der Waals surface area contributed by atoms with Crippen molar-refractivity contribution in [2.75, 3.05) is 0 Å². The number of fused-ring (bicyclic) bond motifs is 3. The van der Waals surface area contributed by atoms with Gasteiger partial charge in [-0.2, -0.15) is 0 Å². The highest BCUT2D eigenvalue weighted by atomic mass is 32.1. The molecule has 0 aliphatic carbocycles. The zero-order valence-electron chi connectivity index (χ0n) is 8.34. The van der Waals surface area contributed by atoms with Gasteiger partial charge in [0.25, 0.3) is 0 Å². The summed E-state index contributed by atoms with van der Waals surface area (Å²) in [6.07, 6.45) is 4.75. The molecule has 2 aromatic heterocycles. The summed E-state index contributed by atoms with van der Waals surface area (Å²) < 4.78 is 2.03. The molecule has 0 saturated heterocycles. The highest BCUT2D eigenvalue weighted by Gasteiger charge is 2.15. The minimum Gasteiger partial charge on any atom is -0.284 e. The molecule has 0 amide bonds. The van der Waals surface area contributed by atoms with Crippen molar-refractivity contribution in [3.05, 3.63) is 28.7 Å². The second kappa shape index (κ2) is 3.27. The Bertz CT molecular complexity index is 523. The van der Waals surface area contributed by atoms with E-state index in [2.05, 4.69) is 28.2 Å². The number of aryl methyl sites for hydroxylation is 1. The molecule has 0 unspecified atom stereocenters. The molecule has 0 aromatic carbocycles. The zero-order chi connectivity index (χ0) is 10.3. The molecule has 3 rings (SSSR count). The summed E-state index contributed by atoms with van der Waals surface area (Å²) in [7, 11) is 0. The van der Waals surface area contributed by atoms with Crippen LogP contribution in [0.15, 0.2) is 17.4 Å². The average molecular weight is 218 g/mol. The third kappa shape index (κ3) is 1.31. The van der Waals surface area contributed by atoms with Gasteiger partial charge in [-0.05, 0) is 12.5 Å². The topological polar surface area (TPSA) is 43.1 Å². The molecule has 0 bridgehead atoms. The van der Waals surface area contributed by atoms with Crippen molar-refractivity contribution < 1.29 is 0 Å². The Morgan fingerprint density at radius 1 is 1.53 bits per heavy atom. The average Bonchev–Trinajstić information content (AvgIpc) is 2.82. The van der Waals surface area contributed by atoms with E-state index in [1.165, 1.54) is 15.4 Å². The Labute approximate surface area is 91.3 Å². The van der Waals surface area contributed by atoms with Crippen LogP contribution in [0.2, 0.25) is 0 Å². The van der Waals surface area contributed by atoms with E-state index in [1.54, 1.807) is 17.7 Å². The molecule has 0 N–H and O–H groups in total. The Morgan fingerprint density at radius 2 is 2.47 bits per heavy atom. The van der Waals surface area contributed by atoms with Crippen molar-refractivity contribution in [2.24, 2.45) is 4.99 Å². The fraction of sp³-hybridized carbons (Fsp3) is 0.300. The maximum absolute atomic E-state index is 4.33. The minimum atomic E-state index is 0.614. The van der Waals surface area contributed by atoms with Gasteiger partial charge >= 0.3 is 0 Å². The van der Waals surface area contributed by atoms with Crippen LogP contribution < -0.4 is 0 Å². The predicted molar refractivity (Wildman–Crippen MR) is 59.9 cm³/mol. The van der Waals surface area contributed by atoms with E-state index in [9.17, 15) is 0 Å². The Morgan fingerprint density at radius 3 is 3.33 bits per heavy atom. The molecule has 4 nitrogen and oxygen atoms in total. The molecule has 0 radical (unpaired) electrons. The summed E-state index contributed by atoms with van der Waals surface area (Å²) in [5, 5.41) is 9.17. The first-order valence-corrected chi connectivity index (χ1v) is 5.72. The van der Waals surface area contributed by atoms with Gasteiger partial charge in [0.05, 0.1) is 6.54 Å². The van der Waals surface area contributed by atoms with E-state index < -0.39 is 0 Å². The van der Waals surface area contributed by atoms with Gasteiger partial charge in [-0.25, -0.2) is 0 Å². The number of hydrogen-bond acceptors (Lipinski definition) is 4. The third-order valence-corrected chi connectivity index (χ3v) is 3.73. The quantitative estimate of drug-likeness (QED) is 0.732. The number of thiophene rings is 1. The normalized spacial score (nSPS) is 13.4. The van der Waals surface area contributed by atoms with Crippen LogP contribution >= 0.6 is 11.3 Å². The van der Waals surface area contributed by atoms with Crippen LogP contribution in [0.5, 0.6) is 0 Å². The summed E-state index contributed by atoms with van der Waals surface area (Å²) >= 11 is 1.79. The van der Waals surface area contributed by atoms with Crippen molar-refractivity contribution in [1.82, 2.24) is 14.8 Å². The molecule has 76 valence electrons. The van der Waals surface area contributed by atoms with Crippen LogP contribution in [0.1, 0.15) is 23.2 Å². The van der Waals surface area contributed by atoms with E-state index >= 15 is 0 Å². The van der Waals surface area contributed by atoms with Crippen molar-refractivity contribution in [2.45, 2.75) is 19.9 Å². The molecule has 0 atom stereocenters. The molecule has 2 aromatic rings. The molecule has 5 heteroatoms. The second-order valence-electron chi connectivity index (χ2n) is 3.41. The molecule has 0 spiro atoms. The third-order valence-electron chi connectivity index (χ3n) is 2.44. The fourth-order valence-corrected chi connectivity index (χ4v) is 2.72. The van der Waals surface area contributed by atoms with Crippen molar-refractivity contribution in [3.8, 4) is 5.00 Å². The van der Waals surface area contributed by atoms with Crippen molar-refractivity contribution in [3.63, 3.8) is 0 Å². The smallest absolute Gasteiger partial charge is 0.159 e. The van der Waals surface area contributed by atoms with Gasteiger partial charge in [0.1, 0.15) is 11.3 Å². The minimum absolute atomic E-state index is 0.614. The Hall–Kier alpha value is -1.49. The molecule has 0 fully saturated rings. The molecule has 15 heavy (non-hydrogen) atoms. The summed E-state index contributed by atoms with van der Waals surface area (Å²) in [6.45, 7) is 2.78. The van der Waals surface area contributed by atoms with E-state index in [0.29, 0.717) is 6.54 Å². The monoisotopic (exact) mass is 218 g/mol. The van der Waals surface area contributed by atoms with Gasteiger partial charge in [0.15, 0.2) is 5.82 Å². The molecule has 1 aliphatic rings. The number of rotatable bonds is 1. The first-order valence-electron chi connectivity index (χ1n) is 4.90. The zero-order valence-corrected chi connectivity index (χ0v) is 9.16. The molecule has 1 aliphatic heterocycles. The number of hydrogen-bond donors (Lipinski definition) is 0. The summed E-state index contributed by atoms with van der Waals surface area (Å²) in [6, 6.07) is 2.19. The largest absolute Gasteiger partial charge is 0.284 e. The molecular weight excluding hydrogens is 208 g/mol. The van der Waals surface area contributed by atoms with E-state index in [0.717, 1.165) is 12.2 Å². The van der Waals surface area contributed by atoms with E-state index in [-0.39, 0.29) is 0 Å². The van der Waals surface area contributed by atoms with Crippen LogP contribution in [0.4, 0.5) is 0 Å². The standard InChI is InChI=1S/C10H10N4S/c1-2-8-3-7-4-11-5-9-13-12-6-14(9)10(7)15-8/h3-4,6H,2,5H2,1H3. The van der Waals surface area contributed by atoms with E-state index in [1.807, 2.05) is 10.8 Å². The lowest BCUT2D eigenvalue weighted by atomic mass is 10.3. The van der Waals surface area contributed by atoms with Crippen LogP contribution in [-0.4, -0.2) is 21.0 Å². The lowest BCUT2D eigenvalue weighted by Gasteiger charge is -1.99. The van der Waals surface area contributed by atoms with E-state index in [4.69, 9.17) is 0 Å². The van der Waals surface area contributed by atoms with Gasteiger partial charge in [-0.15, -0.1) is 21.5 Å². The fourth-order valence-electron chi connectivity index (χ4n) is 1.66. The van der Waals surface area contributed by atoms with Gasteiger partial charge in [0.2, 0.25) is 0 Å². The molecule has 3 heterocycles. The Balaban J connectivity index is 2.24. The first-order chi connectivity index (χ1) is 7.38. The number of nitrogens with zero attached hydrogens (tertiary/aromatic N) is 4. The lowest BCUT2D eigenvalue weighted by molar-refractivity contribution is 0.878. The van der Waals surface area contributed by atoms with Crippen LogP contribution in [0.25, 0.3) is 5.00 Å². The van der Waals surface area contributed by atoms with Crippen LogP contribution in [0, 0.1) is 0 Å². The molecule has 0 saturated carbocycles. The van der Waals surface area contributed by atoms with Gasteiger partial charge in [-0.3, -0.25) is 9.56 Å². The summed E-state index contributed by atoms with van der Waals surface area (Å²) in [5.74, 6) is 0.912. The lowest BCUT2D eigenvalue weighted by Crippen LogP contribution is -1.96. The predicted octanol–water partition coefficient (Wildman–Crippen LogP) is 1.82. The highest BCUT2D eigenvalue weighted by Crippen LogP contribution is 2.28. The SMILES string of the molecule is CCc1cc2c(s1)-n1cnnc1CN=C2. The first kappa shape index (κ1) is 8.79. The summed E-state index contributed by atoms with van der Waals surface area (Å²) in [5.41, 5.74) is 1.18. The van der Waals surface area contributed by atoms with Crippen molar-refractivity contribution >= 4 is 17.6 Å². The highest BCUT2D eigenvalue weighted by molar-refractivity contribution is 7.14. The van der Waals surface area contributed by atoms with Gasteiger partial charge < -0.3 is 0 Å². The maximum atomic E-state index is 4.33.